The van der Waals surface area contributed by atoms with Gasteiger partial charge in [-0.2, -0.15) is 0 Å². The molecule has 8 nitrogen and oxygen atoms in total. The molecule has 0 saturated carbocycles. The Morgan fingerprint density at radius 2 is 2.25 bits per heavy atom. The molecule has 24 heavy (non-hydrogen) atoms. The lowest BCUT2D eigenvalue weighted by Crippen LogP contribution is -2.39. The van der Waals surface area contributed by atoms with Crippen LogP contribution in [0.1, 0.15) is 35.7 Å². The van der Waals surface area contributed by atoms with E-state index in [-0.39, 0.29) is 24.0 Å². The molecule has 132 valence electrons. The molecule has 1 unspecified atom stereocenters. The number of aliphatic imine (C=N–C) groups is 1. The van der Waals surface area contributed by atoms with Crippen LogP contribution in [0.3, 0.4) is 0 Å². The van der Waals surface area contributed by atoms with Crippen molar-refractivity contribution in [3.63, 3.8) is 0 Å². The lowest BCUT2D eigenvalue weighted by atomic mass is 10.3. The van der Waals surface area contributed by atoms with Crippen molar-refractivity contribution in [2.24, 2.45) is 4.99 Å². The van der Waals surface area contributed by atoms with Gasteiger partial charge in [-0.05, 0) is 25.5 Å². The molecule has 2 aromatic heterocycles. The molecule has 0 fully saturated rings. The molecule has 0 spiro atoms. The number of guanidine groups is 1. The molecule has 1 atom stereocenters. The molecular formula is C15H23IN6O2. The average Bonchev–Trinajstić information content (AvgIpc) is 3.24. The number of aliphatic hydroxyl groups excluding tert-OH is 1. The van der Waals surface area contributed by atoms with Crippen LogP contribution in [-0.4, -0.2) is 39.4 Å². The van der Waals surface area contributed by atoms with E-state index < -0.39 is 6.10 Å². The van der Waals surface area contributed by atoms with Crippen LogP contribution in [0, 0.1) is 6.92 Å². The molecule has 3 heterocycles. The van der Waals surface area contributed by atoms with Gasteiger partial charge in [-0.1, -0.05) is 0 Å². The van der Waals surface area contributed by atoms with Crippen molar-refractivity contribution in [1.29, 1.82) is 0 Å². The minimum Gasteiger partial charge on any atom is -0.464 e. The van der Waals surface area contributed by atoms with Crippen LogP contribution < -0.4 is 10.6 Å². The van der Waals surface area contributed by atoms with E-state index in [0.717, 1.165) is 36.8 Å². The van der Waals surface area contributed by atoms with Crippen LogP contribution >= 0.6 is 24.0 Å². The summed E-state index contributed by atoms with van der Waals surface area (Å²) in [6, 6.07) is 3.61. The number of aryl methyl sites for hydroxylation is 2. The molecule has 3 rings (SSSR count). The van der Waals surface area contributed by atoms with E-state index in [9.17, 15) is 5.11 Å². The maximum absolute atomic E-state index is 10.1. The summed E-state index contributed by atoms with van der Waals surface area (Å²) < 4.78 is 7.55. The van der Waals surface area contributed by atoms with Crippen LogP contribution in [0.4, 0.5) is 0 Å². The van der Waals surface area contributed by atoms with Gasteiger partial charge in [-0.25, -0.2) is 0 Å². The summed E-state index contributed by atoms with van der Waals surface area (Å²) in [5.74, 6) is 3.88. The number of fused-ring (bicyclic) bond motifs is 1. The third-order valence-corrected chi connectivity index (χ3v) is 3.88. The van der Waals surface area contributed by atoms with Crippen molar-refractivity contribution in [2.75, 3.05) is 13.6 Å². The Balaban J connectivity index is 0.00000208. The summed E-state index contributed by atoms with van der Waals surface area (Å²) in [7, 11) is 1.69. The Kier molecular flexibility index (Phi) is 6.60. The third kappa shape index (κ3) is 4.26. The number of rotatable bonds is 5. The Hall–Kier alpha value is -1.62. The molecule has 0 aromatic carbocycles. The Morgan fingerprint density at radius 3 is 2.96 bits per heavy atom. The second kappa shape index (κ2) is 8.47. The zero-order valence-corrected chi connectivity index (χ0v) is 16.2. The van der Waals surface area contributed by atoms with E-state index in [1.54, 1.807) is 13.1 Å². The third-order valence-electron chi connectivity index (χ3n) is 3.88. The quantitative estimate of drug-likeness (QED) is 0.362. The Labute approximate surface area is 157 Å². The number of hydrogen-bond donors (Lipinski definition) is 3. The van der Waals surface area contributed by atoms with E-state index >= 15 is 0 Å². The maximum Gasteiger partial charge on any atom is 0.191 e. The fourth-order valence-corrected chi connectivity index (χ4v) is 2.65. The molecule has 0 radical (unpaired) electrons. The predicted octanol–water partition coefficient (Wildman–Crippen LogP) is 1.14. The lowest BCUT2D eigenvalue weighted by molar-refractivity contribution is 0.151. The van der Waals surface area contributed by atoms with Gasteiger partial charge in [0.1, 0.15) is 23.4 Å². The summed E-state index contributed by atoms with van der Waals surface area (Å²) in [5.41, 5.74) is 0. The average molecular weight is 446 g/mol. The molecule has 0 saturated heterocycles. The minimum atomic E-state index is -0.723. The van der Waals surface area contributed by atoms with Gasteiger partial charge in [0.15, 0.2) is 11.8 Å². The van der Waals surface area contributed by atoms with E-state index in [4.69, 9.17) is 4.42 Å². The fourth-order valence-electron chi connectivity index (χ4n) is 2.65. The Morgan fingerprint density at radius 1 is 1.42 bits per heavy atom. The zero-order chi connectivity index (χ0) is 16.2. The molecule has 0 amide bonds. The number of nitrogens with zero attached hydrogens (tertiary/aromatic N) is 4. The highest BCUT2D eigenvalue weighted by Gasteiger charge is 2.17. The van der Waals surface area contributed by atoms with E-state index in [0.29, 0.717) is 24.8 Å². The molecular weight excluding hydrogens is 423 g/mol. The van der Waals surface area contributed by atoms with Crippen molar-refractivity contribution >= 4 is 29.9 Å². The first-order valence-electron chi connectivity index (χ1n) is 7.77. The van der Waals surface area contributed by atoms with Crippen LogP contribution in [0.15, 0.2) is 21.5 Å². The molecule has 9 heteroatoms. The van der Waals surface area contributed by atoms with E-state index in [1.165, 1.54) is 0 Å². The fraction of sp³-hybridized carbons (Fsp3) is 0.533. The van der Waals surface area contributed by atoms with Crippen LogP contribution in [0.2, 0.25) is 0 Å². The first-order chi connectivity index (χ1) is 11.2. The molecule has 0 bridgehead atoms. The summed E-state index contributed by atoms with van der Waals surface area (Å²) in [6.45, 7) is 3.68. The predicted molar refractivity (Wildman–Crippen MR) is 100 cm³/mol. The van der Waals surface area contributed by atoms with Gasteiger partial charge >= 0.3 is 0 Å². The van der Waals surface area contributed by atoms with Crippen LogP contribution in [0.25, 0.3) is 0 Å². The van der Waals surface area contributed by atoms with Crippen LogP contribution in [-0.2, 0) is 19.5 Å². The number of hydrogen-bond acceptors (Lipinski definition) is 5. The van der Waals surface area contributed by atoms with Gasteiger partial charge in [-0.3, -0.25) is 4.99 Å². The largest absolute Gasteiger partial charge is 0.464 e. The van der Waals surface area contributed by atoms with E-state index in [2.05, 4.69) is 30.4 Å². The highest BCUT2D eigenvalue weighted by Crippen LogP contribution is 2.15. The van der Waals surface area contributed by atoms with E-state index in [1.807, 2.05) is 13.0 Å². The molecule has 2 aromatic rings. The van der Waals surface area contributed by atoms with Crippen molar-refractivity contribution in [3.05, 3.63) is 35.3 Å². The van der Waals surface area contributed by atoms with Gasteiger partial charge in [0.2, 0.25) is 0 Å². The standard InChI is InChI=1S/C15H22N6O2.HI/c1-10-5-6-12(23-10)11(22)8-17-15(16-2)18-9-14-20-19-13-4-3-7-21(13)14;/h5-6,11,22H,3-4,7-9H2,1-2H3,(H2,16,17,18);1H. The molecule has 1 aliphatic rings. The second-order valence-corrected chi connectivity index (χ2v) is 5.56. The highest BCUT2D eigenvalue weighted by molar-refractivity contribution is 14.0. The highest BCUT2D eigenvalue weighted by atomic mass is 127. The van der Waals surface area contributed by atoms with Gasteiger partial charge in [0, 0.05) is 20.0 Å². The monoisotopic (exact) mass is 446 g/mol. The number of aliphatic hydroxyl groups is 1. The van der Waals surface area contributed by atoms with Crippen molar-refractivity contribution < 1.29 is 9.52 Å². The summed E-state index contributed by atoms with van der Waals surface area (Å²) in [5, 5.41) is 24.7. The number of aromatic nitrogens is 3. The normalized spacial score (nSPS) is 14.9. The first-order valence-corrected chi connectivity index (χ1v) is 7.77. The summed E-state index contributed by atoms with van der Waals surface area (Å²) in [4.78, 5) is 4.15. The lowest BCUT2D eigenvalue weighted by Gasteiger charge is -2.14. The van der Waals surface area contributed by atoms with Gasteiger partial charge in [0.05, 0.1) is 13.1 Å². The van der Waals surface area contributed by atoms with Crippen LogP contribution in [0.5, 0.6) is 0 Å². The minimum absolute atomic E-state index is 0. The number of furan rings is 1. The number of halogens is 1. The number of nitrogens with one attached hydrogen (secondary N) is 2. The molecule has 0 aliphatic carbocycles. The first kappa shape index (κ1) is 18.7. The summed E-state index contributed by atoms with van der Waals surface area (Å²) in [6.07, 6.45) is 1.40. The van der Waals surface area contributed by atoms with Crippen molar-refractivity contribution in [3.8, 4) is 0 Å². The SMILES string of the molecule is CN=C(NCc1nnc2n1CCC2)NCC(O)c1ccc(C)o1.I. The van der Waals surface area contributed by atoms with Gasteiger partial charge in [-0.15, -0.1) is 34.2 Å². The topological polar surface area (TPSA) is 100 Å². The van der Waals surface area contributed by atoms with Gasteiger partial charge < -0.3 is 24.7 Å². The smallest absolute Gasteiger partial charge is 0.191 e. The van der Waals surface area contributed by atoms with Gasteiger partial charge in [0.25, 0.3) is 0 Å². The Bertz CT molecular complexity index is 696. The second-order valence-electron chi connectivity index (χ2n) is 5.56. The maximum atomic E-state index is 10.1. The molecule has 1 aliphatic heterocycles. The van der Waals surface area contributed by atoms with Crippen molar-refractivity contribution in [2.45, 2.75) is 39.0 Å². The zero-order valence-electron chi connectivity index (χ0n) is 13.8. The summed E-state index contributed by atoms with van der Waals surface area (Å²) >= 11 is 0. The van der Waals surface area contributed by atoms with Crippen molar-refractivity contribution in [1.82, 2.24) is 25.4 Å². The molecule has 3 N–H and O–H groups in total.